The molecule has 0 aliphatic rings. The van der Waals surface area contributed by atoms with E-state index in [1.807, 2.05) is 63.2 Å². The van der Waals surface area contributed by atoms with E-state index in [0.717, 1.165) is 16.8 Å². The van der Waals surface area contributed by atoms with Crippen LogP contribution in [-0.4, -0.2) is 28.1 Å². The quantitative estimate of drug-likeness (QED) is 0.612. The molecule has 0 radical (unpaired) electrons. The molecular weight excluding hydrogens is 352 g/mol. The molecule has 2 aromatic carbocycles. The van der Waals surface area contributed by atoms with Crippen molar-refractivity contribution in [2.24, 2.45) is 5.92 Å². The molecule has 1 atom stereocenters. The summed E-state index contributed by atoms with van der Waals surface area (Å²) >= 11 is 0. The lowest BCUT2D eigenvalue weighted by atomic mass is 10.0. The number of aromatic nitrogens is 2. The number of amides is 2. The summed E-state index contributed by atoms with van der Waals surface area (Å²) in [7, 11) is 0. The van der Waals surface area contributed by atoms with Gasteiger partial charge < -0.3 is 10.6 Å². The van der Waals surface area contributed by atoms with Crippen molar-refractivity contribution in [2.75, 3.05) is 5.32 Å². The summed E-state index contributed by atoms with van der Waals surface area (Å²) < 4.78 is 0. The summed E-state index contributed by atoms with van der Waals surface area (Å²) in [4.78, 5) is 25.2. The van der Waals surface area contributed by atoms with Crippen LogP contribution >= 0.6 is 0 Å². The summed E-state index contributed by atoms with van der Waals surface area (Å²) in [5.41, 5.74) is 4.16. The third-order valence-corrected chi connectivity index (χ3v) is 4.51. The minimum Gasteiger partial charge on any atom is -0.340 e. The molecule has 3 N–H and O–H groups in total. The van der Waals surface area contributed by atoms with Gasteiger partial charge in [0.05, 0.1) is 5.69 Å². The van der Waals surface area contributed by atoms with Crippen LogP contribution in [-0.2, 0) is 4.79 Å². The van der Waals surface area contributed by atoms with E-state index >= 15 is 0 Å². The fourth-order valence-corrected chi connectivity index (χ4v) is 2.83. The van der Waals surface area contributed by atoms with Gasteiger partial charge in [-0.05, 0) is 48.7 Å². The Hall–Kier alpha value is -3.41. The topological polar surface area (TPSA) is 86.9 Å². The Kier molecular flexibility index (Phi) is 5.89. The lowest BCUT2D eigenvalue weighted by molar-refractivity contribution is -0.118. The number of hydrogen-bond donors (Lipinski definition) is 3. The van der Waals surface area contributed by atoms with Gasteiger partial charge >= 0.3 is 0 Å². The van der Waals surface area contributed by atoms with Crippen LogP contribution in [0.25, 0.3) is 11.3 Å². The van der Waals surface area contributed by atoms with E-state index < -0.39 is 6.04 Å². The zero-order chi connectivity index (χ0) is 20.1. The minimum absolute atomic E-state index is 0.0568. The highest BCUT2D eigenvalue weighted by molar-refractivity contribution is 6.01. The number of H-pyrrole nitrogens is 1. The Morgan fingerprint density at radius 1 is 0.964 bits per heavy atom. The standard InChI is InChI=1S/C22H24N4O2/c1-14(2)20(25-21(27)17-6-4-15(3)5-7-17)22(28)24-18-10-8-16(9-11-18)19-12-13-23-26-19/h4-14,20H,1-3H3,(H,23,26)(H,24,28)(H,25,27). The molecule has 0 saturated carbocycles. The van der Waals surface area contributed by atoms with E-state index in [0.29, 0.717) is 11.3 Å². The van der Waals surface area contributed by atoms with Crippen molar-refractivity contribution in [3.05, 3.63) is 71.9 Å². The smallest absolute Gasteiger partial charge is 0.251 e. The molecule has 6 nitrogen and oxygen atoms in total. The Bertz CT molecular complexity index is 930. The van der Waals surface area contributed by atoms with Crippen LogP contribution in [0.2, 0.25) is 0 Å². The van der Waals surface area contributed by atoms with Crippen molar-refractivity contribution in [3.8, 4) is 11.3 Å². The van der Waals surface area contributed by atoms with Crippen molar-refractivity contribution in [1.82, 2.24) is 15.5 Å². The molecule has 3 rings (SSSR count). The number of hydrogen-bond acceptors (Lipinski definition) is 3. The van der Waals surface area contributed by atoms with Gasteiger partial charge in [-0.15, -0.1) is 0 Å². The Balaban J connectivity index is 1.67. The highest BCUT2D eigenvalue weighted by Crippen LogP contribution is 2.19. The monoisotopic (exact) mass is 376 g/mol. The first-order chi connectivity index (χ1) is 13.4. The second-order valence-corrected chi connectivity index (χ2v) is 7.10. The van der Waals surface area contributed by atoms with Crippen molar-refractivity contribution in [2.45, 2.75) is 26.8 Å². The van der Waals surface area contributed by atoms with Crippen molar-refractivity contribution in [1.29, 1.82) is 0 Å². The molecule has 28 heavy (non-hydrogen) atoms. The molecule has 0 saturated heterocycles. The van der Waals surface area contributed by atoms with Gasteiger partial charge in [-0.3, -0.25) is 14.7 Å². The van der Waals surface area contributed by atoms with E-state index in [4.69, 9.17) is 0 Å². The van der Waals surface area contributed by atoms with Crippen LogP contribution in [0.3, 0.4) is 0 Å². The van der Waals surface area contributed by atoms with E-state index in [9.17, 15) is 9.59 Å². The lowest BCUT2D eigenvalue weighted by Gasteiger charge is -2.22. The average Bonchev–Trinajstić information content (AvgIpc) is 3.21. The molecule has 2 amide bonds. The first kappa shape index (κ1) is 19.4. The number of nitrogens with zero attached hydrogens (tertiary/aromatic N) is 1. The van der Waals surface area contributed by atoms with Crippen LogP contribution in [0.5, 0.6) is 0 Å². The first-order valence-electron chi connectivity index (χ1n) is 9.22. The minimum atomic E-state index is -0.638. The predicted octanol–water partition coefficient (Wildman–Crippen LogP) is 3.78. The predicted molar refractivity (Wildman–Crippen MR) is 110 cm³/mol. The molecule has 0 bridgehead atoms. The fourth-order valence-electron chi connectivity index (χ4n) is 2.83. The highest BCUT2D eigenvalue weighted by atomic mass is 16.2. The molecule has 3 aromatic rings. The van der Waals surface area contributed by atoms with Crippen LogP contribution in [0.4, 0.5) is 5.69 Å². The van der Waals surface area contributed by atoms with E-state index in [1.165, 1.54) is 0 Å². The van der Waals surface area contributed by atoms with Gasteiger partial charge in [0.2, 0.25) is 5.91 Å². The summed E-state index contributed by atoms with van der Waals surface area (Å²) in [6.45, 7) is 5.77. The Labute approximate surface area is 164 Å². The highest BCUT2D eigenvalue weighted by Gasteiger charge is 2.24. The first-order valence-corrected chi connectivity index (χ1v) is 9.22. The van der Waals surface area contributed by atoms with Gasteiger partial charge in [0.1, 0.15) is 6.04 Å². The molecule has 6 heteroatoms. The number of nitrogens with one attached hydrogen (secondary N) is 3. The van der Waals surface area contributed by atoms with E-state index in [2.05, 4.69) is 20.8 Å². The summed E-state index contributed by atoms with van der Waals surface area (Å²) in [6, 6.07) is 16.0. The van der Waals surface area contributed by atoms with Crippen molar-refractivity contribution in [3.63, 3.8) is 0 Å². The second kappa shape index (κ2) is 8.52. The molecule has 144 valence electrons. The number of benzene rings is 2. The molecule has 0 aliphatic carbocycles. The molecular formula is C22H24N4O2. The second-order valence-electron chi connectivity index (χ2n) is 7.10. The number of carbonyl (C=O) groups excluding carboxylic acids is 2. The normalized spacial score (nSPS) is 11.9. The molecule has 0 fully saturated rings. The van der Waals surface area contributed by atoms with Gasteiger partial charge in [-0.2, -0.15) is 5.10 Å². The number of rotatable bonds is 6. The van der Waals surface area contributed by atoms with Gasteiger partial charge in [0.25, 0.3) is 5.91 Å². The summed E-state index contributed by atoms with van der Waals surface area (Å²) in [5, 5.41) is 12.6. The Morgan fingerprint density at radius 3 is 2.21 bits per heavy atom. The number of aryl methyl sites for hydroxylation is 1. The van der Waals surface area contributed by atoms with Gasteiger partial charge in [0, 0.05) is 17.4 Å². The van der Waals surface area contributed by atoms with Crippen LogP contribution in [0, 0.1) is 12.8 Å². The van der Waals surface area contributed by atoms with Gasteiger partial charge in [-0.1, -0.05) is 43.7 Å². The van der Waals surface area contributed by atoms with Crippen LogP contribution in [0.15, 0.2) is 60.8 Å². The van der Waals surface area contributed by atoms with Crippen LogP contribution in [0.1, 0.15) is 29.8 Å². The number of anilines is 1. The van der Waals surface area contributed by atoms with Crippen LogP contribution < -0.4 is 10.6 Å². The fraction of sp³-hybridized carbons (Fsp3) is 0.227. The number of aromatic amines is 1. The summed E-state index contributed by atoms with van der Waals surface area (Å²) in [5.74, 6) is -0.563. The van der Waals surface area contributed by atoms with Gasteiger partial charge in [0.15, 0.2) is 0 Å². The molecule has 1 heterocycles. The number of carbonyl (C=O) groups is 2. The molecule has 0 spiro atoms. The third kappa shape index (κ3) is 4.65. The van der Waals surface area contributed by atoms with Gasteiger partial charge in [-0.25, -0.2) is 0 Å². The third-order valence-electron chi connectivity index (χ3n) is 4.51. The van der Waals surface area contributed by atoms with Crippen molar-refractivity contribution < 1.29 is 9.59 Å². The molecule has 0 aliphatic heterocycles. The SMILES string of the molecule is Cc1ccc(C(=O)NC(C(=O)Nc2ccc(-c3ccn[nH]3)cc2)C(C)C)cc1. The Morgan fingerprint density at radius 2 is 1.64 bits per heavy atom. The molecule has 1 aromatic heterocycles. The largest absolute Gasteiger partial charge is 0.340 e. The maximum absolute atomic E-state index is 12.7. The zero-order valence-electron chi connectivity index (χ0n) is 16.2. The summed E-state index contributed by atoms with van der Waals surface area (Å²) in [6.07, 6.45) is 1.69. The lowest BCUT2D eigenvalue weighted by Crippen LogP contribution is -2.47. The maximum Gasteiger partial charge on any atom is 0.251 e. The van der Waals surface area contributed by atoms with E-state index in [1.54, 1.807) is 18.3 Å². The average molecular weight is 376 g/mol. The zero-order valence-corrected chi connectivity index (χ0v) is 16.2. The molecule has 1 unspecified atom stereocenters. The van der Waals surface area contributed by atoms with E-state index in [-0.39, 0.29) is 17.7 Å². The van der Waals surface area contributed by atoms with Crippen molar-refractivity contribution >= 4 is 17.5 Å². The maximum atomic E-state index is 12.7.